The molecule has 0 amide bonds. The highest BCUT2D eigenvalue weighted by Crippen LogP contribution is 2.30. The Labute approximate surface area is 123 Å². The maximum atomic E-state index is 12.5. The fourth-order valence-electron chi connectivity index (χ4n) is 2.30. The molecule has 1 atom stereocenters. The molecule has 112 valence electrons. The van der Waals surface area contributed by atoms with Crippen LogP contribution in [0.2, 0.25) is 0 Å². The number of hydrogen-bond acceptors (Lipinski definition) is 2. The number of hydrogen-bond donors (Lipinski definition) is 0. The molecule has 0 fully saturated rings. The Morgan fingerprint density at radius 1 is 1.15 bits per heavy atom. The zero-order valence-electron chi connectivity index (χ0n) is 13.5. The summed E-state index contributed by atoms with van der Waals surface area (Å²) in [7, 11) is 0. The fraction of sp³-hybridized carbons (Fsp3) is 0.611. The average Bonchev–Trinajstić information content (AvgIpc) is 2.46. The summed E-state index contributed by atoms with van der Waals surface area (Å²) in [5, 5.41) is 0. The summed E-state index contributed by atoms with van der Waals surface area (Å²) in [6.07, 6.45) is 4.12. The van der Waals surface area contributed by atoms with Gasteiger partial charge in [-0.05, 0) is 50.5 Å². The lowest BCUT2D eigenvalue weighted by atomic mass is 9.78. The highest BCUT2D eigenvalue weighted by Gasteiger charge is 2.29. The van der Waals surface area contributed by atoms with Gasteiger partial charge in [0.05, 0.1) is 6.10 Å². The maximum Gasteiger partial charge on any atom is 0.168 e. The molecule has 20 heavy (non-hydrogen) atoms. The number of carbonyl (C=O) groups is 1. The Kier molecular flexibility index (Phi) is 6.25. The van der Waals surface area contributed by atoms with Crippen LogP contribution in [0.5, 0.6) is 5.75 Å². The Hall–Kier alpha value is -1.31. The lowest BCUT2D eigenvalue weighted by Gasteiger charge is -2.25. The summed E-state index contributed by atoms with van der Waals surface area (Å²) in [6.45, 7) is 10.4. The van der Waals surface area contributed by atoms with Crippen LogP contribution in [0.1, 0.15) is 70.7 Å². The van der Waals surface area contributed by atoms with Crippen molar-refractivity contribution in [3.05, 3.63) is 29.8 Å². The first-order chi connectivity index (χ1) is 9.46. The molecule has 1 unspecified atom stereocenters. The van der Waals surface area contributed by atoms with E-state index in [4.69, 9.17) is 4.74 Å². The maximum absolute atomic E-state index is 12.5. The van der Waals surface area contributed by atoms with Crippen LogP contribution in [0.4, 0.5) is 0 Å². The number of benzene rings is 1. The van der Waals surface area contributed by atoms with Crippen molar-refractivity contribution >= 4 is 5.78 Å². The second-order valence-corrected chi connectivity index (χ2v) is 5.84. The largest absolute Gasteiger partial charge is 0.491 e. The molecule has 1 rings (SSSR count). The van der Waals surface area contributed by atoms with Gasteiger partial charge in [0.25, 0.3) is 0 Å². The van der Waals surface area contributed by atoms with Gasteiger partial charge in [0, 0.05) is 11.0 Å². The van der Waals surface area contributed by atoms with Crippen molar-refractivity contribution in [1.82, 2.24) is 0 Å². The van der Waals surface area contributed by atoms with Crippen molar-refractivity contribution in [1.29, 1.82) is 0 Å². The van der Waals surface area contributed by atoms with Gasteiger partial charge in [-0.1, -0.05) is 34.1 Å². The first-order valence-corrected chi connectivity index (χ1v) is 7.78. The van der Waals surface area contributed by atoms with E-state index in [-0.39, 0.29) is 17.3 Å². The van der Waals surface area contributed by atoms with E-state index in [1.807, 2.05) is 31.2 Å². The standard InChI is InChI=1S/C18H28O2/c1-6-9-14(4)20-16-12-10-15(11-13-16)17(19)18(5,7-2)8-3/h10-14H,6-9H2,1-5H3. The van der Waals surface area contributed by atoms with Crippen molar-refractivity contribution in [2.24, 2.45) is 5.41 Å². The highest BCUT2D eigenvalue weighted by molar-refractivity contribution is 6.00. The zero-order chi connectivity index (χ0) is 15.2. The second-order valence-electron chi connectivity index (χ2n) is 5.84. The van der Waals surface area contributed by atoms with Gasteiger partial charge in [0.15, 0.2) is 5.78 Å². The summed E-state index contributed by atoms with van der Waals surface area (Å²) in [5.74, 6) is 1.08. The second kappa shape index (κ2) is 7.47. The number of ether oxygens (including phenoxy) is 1. The van der Waals surface area contributed by atoms with Crippen LogP contribution in [0, 0.1) is 5.41 Å². The minimum Gasteiger partial charge on any atom is -0.491 e. The van der Waals surface area contributed by atoms with Crippen LogP contribution in [0.3, 0.4) is 0 Å². The van der Waals surface area contributed by atoms with Crippen LogP contribution in [-0.4, -0.2) is 11.9 Å². The van der Waals surface area contributed by atoms with Crippen molar-refractivity contribution in [3.8, 4) is 5.75 Å². The third-order valence-electron chi connectivity index (χ3n) is 4.26. The lowest BCUT2D eigenvalue weighted by Crippen LogP contribution is -2.26. The van der Waals surface area contributed by atoms with Gasteiger partial charge >= 0.3 is 0 Å². The first kappa shape index (κ1) is 16.7. The summed E-state index contributed by atoms with van der Waals surface area (Å²) < 4.78 is 5.82. The first-order valence-electron chi connectivity index (χ1n) is 7.78. The van der Waals surface area contributed by atoms with E-state index in [0.29, 0.717) is 0 Å². The number of ketones is 1. The van der Waals surface area contributed by atoms with Gasteiger partial charge in [-0.3, -0.25) is 4.79 Å². The fourth-order valence-corrected chi connectivity index (χ4v) is 2.30. The van der Waals surface area contributed by atoms with Crippen LogP contribution < -0.4 is 4.74 Å². The molecule has 0 aromatic heterocycles. The quantitative estimate of drug-likeness (QED) is 0.605. The van der Waals surface area contributed by atoms with E-state index < -0.39 is 0 Å². The monoisotopic (exact) mass is 276 g/mol. The number of Topliss-reactive ketones (excluding diaryl/α,β-unsaturated/α-hetero) is 1. The van der Waals surface area contributed by atoms with Crippen LogP contribution in [-0.2, 0) is 0 Å². The SMILES string of the molecule is CCCC(C)Oc1ccc(C(=O)C(C)(CC)CC)cc1. The lowest BCUT2D eigenvalue weighted by molar-refractivity contribution is 0.0802. The average molecular weight is 276 g/mol. The van der Waals surface area contributed by atoms with Crippen molar-refractivity contribution in [3.63, 3.8) is 0 Å². The smallest absolute Gasteiger partial charge is 0.168 e. The molecule has 1 aromatic carbocycles. The predicted molar refractivity (Wildman–Crippen MR) is 84.5 cm³/mol. The molecule has 2 nitrogen and oxygen atoms in total. The van der Waals surface area contributed by atoms with Gasteiger partial charge < -0.3 is 4.74 Å². The summed E-state index contributed by atoms with van der Waals surface area (Å²) in [4.78, 5) is 12.5. The molecule has 0 heterocycles. The van der Waals surface area contributed by atoms with Crippen molar-refractivity contribution in [2.75, 3.05) is 0 Å². The molecule has 0 spiro atoms. The Morgan fingerprint density at radius 3 is 2.15 bits per heavy atom. The van der Waals surface area contributed by atoms with E-state index in [1.54, 1.807) is 0 Å². The Bertz CT molecular complexity index is 416. The number of rotatable bonds is 8. The molecule has 2 heteroatoms. The molecular weight excluding hydrogens is 248 g/mol. The van der Waals surface area contributed by atoms with E-state index in [0.717, 1.165) is 37.0 Å². The van der Waals surface area contributed by atoms with Crippen LogP contribution in [0.25, 0.3) is 0 Å². The van der Waals surface area contributed by atoms with Crippen molar-refractivity contribution < 1.29 is 9.53 Å². The van der Waals surface area contributed by atoms with E-state index in [2.05, 4.69) is 27.7 Å². The third kappa shape index (κ3) is 4.09. The van der Waals surface area contributed by atoms with Gasteiger partial charge in [-0.15, -0.1) is 0 Å². The summed E-state index contributed by atoms with van der Waals surface area (Å²) >= 11 is 0. The molecule has 0 radical (unpaired) electrons. The van der Waals surface area contributed by atoms with E-state index in [1.165, 1.54) is 0 Å². The minimum absolute atomic E-state index is 0.220. The Balaban J connectivity index is 2.78. The van der Waals surface area contributed by atoms with Gasteiger partial charge in [-0.25, -0.2) is 0 Å². The zero-order valence-corrected chi connectivity index (χ0v) is 13.5. The van der Waals surface area contributed by atoms with Crippen molar-refractivity contribution in [2.45, 2.75) is 66.4 Å². The summed E-state index contributed by atoms with van der Waals surface area (Å²) in [5.41, 5.74) is 0.532. The molecule has 0 bridgehead atoms. The molecular formula is C18H28O2. The Morgan fingerprint density at radius 2 is 1.70 bits per heavy atom. The highest BCUT2D eigenvalue weighted by atomic mass is 16.5. The normalized spacial score (nSPS) is 13.1. The molecule has 0 aliphatic heterocycles. The molecule has 0 aliphatic carbocycles. The molecule has 0 saturated carbocycles. The molecule has 0 saturated heterocycles. The van der Waals surface area contributed by atoms with Gasteiger partial charge in [0.1, 0.15) is 5.75 Å². The molecule has 1 aromatic rings. The molecule has 0 aliphatic rings. The van der Waals surface area contributed by atoms with Gasteiger partial charge in [-0.2, -0.15) is 0 Å². The van der Waals surface area contributed by atoms with Crippen LogP contribution >= 0.6 is 0 Å². The van der Waals surface area contributed by atoms with E-state index >= 15 is 0 Å². The summed E-state index contributed by atoms with van der Waals surface area (Å²) in [6, 6.07) is 7.59. The number of carbonyl (C=O) groups excluding carboxylic acids is 1. The van der Waals surface area contributed by atoms with E-state index in [9.17, 15) is 4.79 Å². The predicted octanol–water partition coefficient (Wildman–Crippen LogP) is 5.26. The third-order valence-corrected chi connectivity index (χ3v) is 4.26. The molecule has 0 N–H and O–H groups in total. The minimum atomic E-state index is -0.252. The van der Waals surface area contributed by atoms with Gasteiger partial charge in [0.2, 0.25) is 0 Å². The topological polar surface area (TPSA) is 26.3 Å². The van der Waals surface area contributed by atoms with Crippen LogP contribution in [0.15, 0.2) is 24.3 Å².